The van der Waals surface area contributed by atoms with Crippen molar-refractivity contribution < 1.29 is 0 Å². The van der Waals surface area contributed by atoms with Gasteiger partial charge in [0, 0.05) is 31.7 Å². The summed E-state index contributed by atoms with van der Waals surface area (Å²) < 4.78 is 0. The largest absolute Gasteiger partial charge is 0.356 e. The Morgan fingerprint density at radius 1 is 1.17 bits per heavy atom. The molecule has 3 aromatic rings. The number of pyridine rings is 1. The van der Waals surface area contributed by atoms with E-state index in [4.69, 9.17) is 0 Å². The molecule has 0 amide bonds. The number of aromatic nitrogens is 1. The number of hydrogen-bond donors (Lipinski definition) is 2. The summed E-state index contributed by atoms with van der Waals surface area (Å²) >= 11 is 1.71. The van der Waals surface area contributed by atoms with Gasteiger partial charge in [-0.15, -0.1) is 24.0 Å². The highest BCUT2D eigenvalue weighted by Gasteiger charge is 2.03. The van der Waals surface area contributed by atoms with E-state index in [0.29, 0.717) is 0 Å². The van der Waals surface area contributed by atoms with E-state index in [-0.39, 0.29) is 24.0 Å². The Labute approximate surface area is 163 Å². The van der Waals surface area contributed by atoms with Gasteiger partial charge in [0.1, 0.15) is 0 Å². The average Bonchev–Trinajstić information content (AvgIpc) is 3.11. The maximum atomic E-state index is 4.50. The van der Waals surface area contributed by atoms with Gasteiger partial charge in [0.15, 0.2) is 5.96 Å². The lowest BCUT2D eigenvalue weighted by molar-refractivity contribution is 0.797. The third-order valence-corrected chi connectivity index (χ3v) is 4.40. The highest BCUT2D eigenvalue weighted by Crippen LogP contribution is 2.15. The standard InChI is InChI=1S/C18H20N4S.HI/c1-19-18(22-12-14-8-11-23-13-14)21-10-7-16-5-2-4-15-6-3-9-20-17(15)16;/h2-6,8-9,11,13H,7,10,12H2,1H3,(H2,19,21,22);1H. The van der Waals surface area contributed by atoms with Crippen LogP contribution < -0.4 is 10.6 Å². The Balaban J connectivity index is 0.00000208. The van der Waals surface area contributed by atoms with E-state index in [9.17, 15) is 0 Å². The minimum atomic E-state index is 0. The lowest BCUT2D eigenvalue weighted by Gasteiger charge is -2.12. The summed E-state index contributed by atoms with van der Waals surface area (Å²) in [5, 5.41) is 12.1. The molecule has 0 saturated heterocycles. The number of thiophene rings is 1. The molecule has 0 atom stereocenters. The van der Waals surface area contributed by atoms with Crippen molar-refractivity contribution in [2.75, 3.05) is 13.6 Å². The van der Waals surface area contributed by atoms with E-state index >= 15 is 0 Å². The second kappa shape index (κ2) is 9.58. The fourth-order valence-corrected chi connectivity index (χ4v) is 3.15. The number of nitrogens with one attached hydrogen (secondary N) is 2. The fraction of sp³-hybridized carbons (Fsp3) is 0.222. The first-order chi connectivity index (χ1) is 11.4. The molecule has 2 aromatic heterocycles. The van der Waals surface area contributed by atoms with E-state index in [1.165, 1.54) is 16.5 Å². The van der Waals surface area contributed by atoms with Crippen LogP contribution in [0.25, 0.3) is 10.9 Å². The molecule has 0 fully saturated rings. The van der Waals surface area contributed by atoms with E-state index in [2.05, 4.69) is 61.7 Å². The molecular weight excluding hydrogens is 431 g/mol. The molecule has 6 heteroatoms. The van der Waals surface area contributed by atoms with Crippen molar-refractivity contribution in [2.24, 2.45) is 4.99 Å². The highest BCUT2D eigenvalue weighted by molar-refractivity contribution is 14.0. The van der Waals surface area contributed by atoms with Crippen molar-refractivity contribution in [3.63, 3.8) is 0 Å². The summed E-state index contributed by atoms with van der Waals surface area (Å²) in [4.78, 5) is 8.76. The smallest absolute Gasteiger partial charge is 0.191 e. The molecule has 3 rings (SSSR count). The summed E-state index contributed by atoms with van der Waals surface area (Å²) in [5.41, 5.74) is 3.61. The van der Waals surface area contributed by atoms with Crippen LogP contribution in [-0.2, 0) is 13.0 Å². The Hall–Kier alpha value is -1.67. The van der Waals surface area contributed by atoms with Crippen molar-refractivity contribution in [2.45, 2.75) is 13.0 Å². The van der Waals surface area contributed by atoms with Crippen LogP contribution in [0, 0.1) is 0 Å². The molecule has 0 radical (unpaired) electrons. The number of rotatable bonds is 5. The van der Waals surface area contributed by atoms with Crippen molar-refractivity contribution in [3.8, 4) is 0 Å². The van der Waals surface area contributed by atoms with E-state index < -0.39 is 0 Å². The summed E-state index contributed by atoms with van der Waals surface area (Å²) in [7, 11) is 1.79. The molecule has 0 aliphatic carbocycles. The Morgan fingerprint density at radius 2 is 2.04 bits per heavy atom. The van der Waals surface area contributed by atoms with Crippen molar-refractivity contribution in [1.82, 2.24) is 15.6 Å². The van der Waals surface area contributed by atoms with E-state index in [0.717, 1.165) is 31.0 Å². The molecule has 0 aliphatic rings. The number of hydrogen-bond acceptors (Lipinski definition) is 3. The van der Waals surface area contributed by atoms with Crippen LogP contribution in [0.5, 0.6) is 0 Å². The third kappa shape index (κ3) is 4.91. The molecule has 24 heavy (non-hydrogen) atoms. The first kappa shape index (κ1) is 18.7. The molecule has 0 aliphatic heterocycles. The molecule has 0 bridgehead atoms. The normalized spacial score (nSPS) is 11.1. The lowest BCUT2D eigenvalue weighted by Crippen LogP contribution is -2.37. The van der Waals surface area contributed by atoms with Crippen LogP contribution in [0.15, 0.2) is 58.3 Å². The van der Waals surface area contributed by atoms with Gasteiger partial charge in [-0.25, -0.2) is 0 Å². The summed E-state index contributed by atoms with van der Waals surface area (Å²) in [6.45, 7) is 1.61. The van der Waals surface area contributed by atoms with Gasteiger partial charge >= 0.3 is 0 Å². The van der Waals surface area contributed by atoms with Gasteiger partial charge in [0.25, 0.3) is 0 Å². The van der Waals surface area contributed by atoms with Crippen LogP contribution in [0.4, 0.5) is 0 Å². The van der Waals surface area contributed by atoms with Gasteiger partial charge in [-0.3, -0.25) is 9.98 Å². The topological polar surface area (TPSA) is 49.3 Å². The summed E-state index contributed by atoms with van der Waals surface area (Å²) in [6, 6.07) is 12.5. The zero-order valence-corrected chi connectivity index (χ0v) is 16.7. The van der Waals surface area contributed by atoms with Gasteiger partial charge in [-0.2, -0.15) is 11.3 Å². The minimum absolute atomic E-state index is 0. The Bertz CT molecular complexity index is 781. The lowest BCUT2D eigenvalue weighted by atomic mass is 10.1. The maximum absolute atomic E-state index is 4.50. The highest BCUT2D eigenvalue weighted by atomic mass is 127. The minimum Gasteiger partial charge on any atom is -0.356 e. The van der Waals surface area contributed by atoms with Gasteiger partial charge in [-0.1, -0.05) is 24.3 Å². The van der Waals surface area contributed by atoms with Crippen LogP contribution in [0.2, 0.25) is 0 Å². The number of guanidine groups is 1. The van der Waals surface area contributed by atoms with E-state index in [1.807, 2.05) is 12.3 Å². The van der Waals surface area contributed by atoms with Gasteiger partial charge in [-0.05, 0) is 40.4 Å². The monoisotopic (exact) mass is 452 g/mol. The molecule has 0 saturated carbocycles. The molecule has 0 unspecified atom stereocenters. The molecule has 126 valence electrons. The zero-order valence-electron chi connectivity index (χ0n) is 13.5. The molecule has 0 spiro atoms. The average molecular weight is 452 g/mol. The number of fused-ring (bicyclic) bond motifs is 1. The molecule has 1 aromatic carbocycles. The first-order valence-corrected chi connectivity index (χ1v) is 8.59. The number of halogens is 1. The number of para-hydroxylation sites is 1. The van der Waals surface area contributed by atoms with Crippen LogP contribution in [0.3, 0.4) is 0 Å². The van der Waals surface area contributed by atoms with Gasteiger partial charge in [0.2, 0.25) is 0 Å². The maximum Gasteiger partial charge on any atom is 0.191 e. The second-order valence-electron chi connectivity index (χ2n) is 5.23. The predicted molar refractivity (Wildman–Crippen MR) is 113 cm³/mol. The van der Waals surface area contributed by atoms with Crippen LogP contribution >= 0.6 is 35.3 Å². The van der Waals surface area contributed by atoms with Crippen molar-refractivity contribution in [3.05, 3.63) is 64.5 Å². The predicted octanol–water partition coefficient (Wildman–Crippen LogP) is 3.82. The molecule has 2 N–H and O–H groups in total. The van der Waals surface area contributed by atoms with Gasteiger partial charge < -0.3 is 10.6 Å². The van der Waals surface area contributed by atoms with Crippen molar-refractivity contribution >= 4 is 52.2 Å². The SMILES string of the molecule is CN=C(NCCc1cccc2cccnc12)NCc1ccsc1.I. The number of benzene rings is 1. The quantitative estimate of drug-likeness (QED) is 0.352. The molecular formula is C18H21IN4S. The molecule has 2 heterocycles. The van der Waals surface area contributed by atoms with Crippen LogP contribution in [0.1, 0.15) is 11.1 Å². The second-order valence-corrected chi connectivity index (χ2v) is 6.01. The van der Waals surface area contributed by atoms with E-state index in [1.54, 1.807) is 18.4 Å². The zero-order chi connectivity index (χ0) is 15.9. The Kier molecular flexibility index (Phi) is 7.45. The fourth-order valence-electron chi connectivity index (χ4n) is 2.48. The summed E-state index contributed by atoms with van der Waals surface area (Å²) in [5.74, 6) is 0.824. The third-order valence-electron chi connectivity index (χ3n) is 3.67. The summed E-state index contributed by atoms with van der Waals surface area (Å²) in [6.07, 6.45) is 2.76. The molecule has 4 nitrogen and oxygen atoms in total. The van der Waals surface area contributed by atoms with Crippen LogP contribution in [-0.4, -0.2) is 24.5 Å². The number of aliphatic imine (C=N–C) groups is 1. The first-order valence-electron chi connectivity index (χ1n) is 7.65. The number of nitrogens with zero attached hydrogens (tertiary/aromatic N) is 2. The van der Waals surface area contributed by atoms with Gasteiger partial charge in [0.05, 0.1) is 5.52 Å². The van der Waals surface area contributed by atoms with Crippen molar-refractivity contribution in [1.29, 1.82) is 0 Å². The Morgan fingerprint density at radius 3 is 2.83 bits per heavy atom.